The van der Waals surface area contributed by atoms with E-state index in [1.54, 1.807) is 6.07 Å². The molecular weight excluding hydrogens is 232 g/mol. The van der Waals surface area contributed by atoms with Crippen molar-refractivity contribution in [3.63, 3.8) is 0 Å². The fraction of sp³-hybridized carbons (Fsp3) is 0.600. The molecule has 1 aliphatic heterocycles. The van der Waals surface area contributed by atoms with Gasteiger partial charge in [0, 0.05) is 24.1 Å². The molecule has 1 unspecified atom stereocenters. The maximum Gasteiger partial charge on any atom is 0.129 e. The molecule has 0 aromatic heterocycles. The Morgan fingerprint density at radius 1 is 1.33 bits per heavy atom. The highest BCUT2D eigenvalue weighted by Gasteiger charge is 2.33. The third-order valence-electron chi connectivity index (χ3n) is 4.31. The van der Waals surface area contributed by atoms with Crippen molar-refractivity contribution in [3.05, 3.63) is 35.4 Å². The quantitative estimate of drug-likeness (QED) is 0.788. The number of nitrogens with zero attached hydrogens (tertiary/aromatic N) is 1. The maximum absolute atomic E-state index is 13.7. The molecule has 1 saturated heterocycles. The topological polar surface area (TPSA) is 3.24 Å². The molecule has 1 nitrogen and oxygen atoms in total. The van der Waals surface area contributed by atoms with Gasteiger partial charge in [0.1, 0.15) is 11.6 Å². The molecule has 18 heavy (non-hydrogen) atoms. The summed E-state index contributed by atoms with van der Waals surface area (Å²) in [5, 5.41) is 0. The smallest absolute Gasteiger partial charge is 0.129 e. The first-order valence-corrected chi connectivity index (χ1v) is 6.64. The van der Waals surface area contributed by atoms with Crippen LogP contribution in [0, 0.1) is 11.6 Å². The number of hydrogen-bond donors (Lipinski definition) is 0. The average Bonchev–Trinajstić information content (AvgIpc) is 2.79. The lowest BCUT2D eigenvalue weighted by Crippen LogP contribution is -2.41. The molecule has 0 aliphatic carbocycles. The van der Waals surface area contributed by atoms with Crippen LogP contribution in [0.15, 0.2) is 18.2 Å². The summed E-state index contributed by atoms with van der Waals surface area (Å²) in [6, 6.07) is 3.94. The second-order valence-electron chi connectivity index (χ2n) is 5.76. The minimum Gasteiger partial charge on any atom is -0.298 e. The summed E-state index contributed by atoms with van der Waals surface area (Å²) < 4.78 is 26.7. The molecule has 0 radical (unpaired) electrons. The van der Waals surface area contributed by atoms with E-state index in [1.807, 2.05) is 0 Å². The highest BCUT2D eigenvalue weighted by Crippen LogP contribution is 2.34. The molecule has 0 saturated carbocycles. The van der Waals surface area contributed by atoms with Gasteiger partial charge < -0.3 is 0 Å². The summed E-state index contributed by atoms with van der Waals surface area (Å²) >= 11 is 0. The number of halogens is 2. The van der Waals surface area contributed by atoms with Crippen LogP contribution in [0.5, 0.6) is 0 Å². The first-order valence-electron chi connectivity index (χ1n) is 6.64. The standard InChI is InChI=1S/C15H21F2N/c1-4-15(2,3)18-8-7-11(10-18)13-6-5-12(16)9-14(13)17/h5-6,9,11H,4,7-8,10H2,1-3H3. The lowest BCUT2D eigenvalue weighted by atomic mass is 9.97. The first-order chi connectivity index (χ1) is 8.44. The number of rotatable bonds is 3. The number of likely N-dealkylation sites (tertiary alicyclic amines) is 1. The summed E-state index contributed by atoms with van der Waals surface area (Å²) in [4.78, 5) is 2.40. The molecule has 0 bridgehead atoms. The van der Waals surface area contributed by atoms with Gasteiger partial charge in [-0.1, -0.05) is 13.0 Å². The summed E-state index contributed by atoms with van der Waals surface area (Å²) in [6.07, 6.45) is 2.03. The zero-order valence-electron chi connectivity index (χ0n) is 11.3. The molecule has 1 aromatic carbocycles. The van der Waals surface area contributed by atoms with Crippen molar-refractivity contribution in [2.24, 2.45) is 0 Å². The Morgan fingerprint density at radius 2 is 2.06 bits per heavy atom. The molecule has 1 atom stereocenters. The van der Waals surface area contributed by atoms with Crippen LogP contribution in [0.3, 0.4) is 0 Å². The Hall–Kier alpha value is -0.960. The Bertz CT molecular complexity index is 429. The number of benzene rings is 1. The van der Waals surface area contributed by atoms with Gasteiger partial charge in [-0.25, -0.2) is 8.78 Å². The summed E-state index contributed by atoms with van der Waals surface area (Å²) in [6.45, 7) is 8.46. The maximum atomic E-state index is 13.7. The fourth-order valence-electron chi connectivity index (χ4n) is 2.62. The van der Waals surface area contributed by atoms with E-state index in [-0.39, 0.29) is 11.5 Å². The van der Waals surface area contributed by atoms with E-state index in [1.165, 1.54) is 6.07 Å². The second-order valence-corrected chi connectivity index (χ2v) is 5.76. The van der Waals surface area contributed by atoms with Gasteiger partial charge in [0.05, 0.1) is 0 Å². The minimum absolute atomic E-state index is 0.158. The molecule has 1 aliphatic rings. The van der Waals surface area contributed by atoms with Crippen LogP contribution in [0.4, 0.5) is 8.78 Å². The average molecular weight is 253 g/mol. The van der Waals surface area contributed by atoms with Gasteiger partial charge in [-0.05, 0) is 44.9 Å². The van der Waals surface area contributed by atoms with Crippen LogP contribution in [-0.4, -0.2) is 23.5 Å². The lowest BCUT2D eigenvalue weighted by molar-refractivity contribution is 0.148. The van der Waals surface area contributed by atoms with Crippen LogP contribution >= 0.6 is 0 Å². The third-order valence-corrected chi connectivity index (χ3v) is 4.31. The van der Waals surface area contributed by atoms with Crippen LogP contribution in [0.25, 0.3) is 0 Å². The predicted molar refractivity (Wildman–Crippen MR) is 69.7 cm³/mol. The summed E-state index contributed by atoms with van der Waals surface area (Å²) in [7, 11) is 0. The zero-order valence-corrected chi connectivity index (χ0v) is 11.3. The normalized spacial score (nSPS) is 21.5. The molecule has 100 valence electrons. The van der Waals surface area contributed by atoms with Gasteiger partial charge in [0.2, 0.25) is 0 Å². The van der Waals surface area contributed by atoms with Gasteiger partial charge in [-0.2, -0.15) is 0 Å². The van der Waals surface area contributed by atoms with E-state index in [4.69, 9.17) is 0 Å². The summed E-state index contributed by atoms with van der Waals surface area (Å²) in [5.41, 5.74) is 0.816. The van der Waals surface area contributed by atoms with Crippen molar-refractivity contribution in [2.45, 2.75) is 45.1 Å². The highest BCUT2D eigenvalue weighted by molar-refractivity contribution is 5.24. The fourth-order valence-corrected chi connectivity index (χ4v) is 2.62. The third kappa shape index (κ3) is 2.56. The molecule has 0 spiro atoms. The SMILES string of the molecule is CCC(C)(C)N1CCC(c2ccc(F)cc2F)C1. The largest absolute Gasteiger partial charge is 0.298 e. The molecule has 1 fully saturated rings. The molecule has 1 heterocycles. The van der Waals surface area contributed by atoms with Crippen molar-refractivity contribution < 1.29 is 8.78 Å². The van der Waals surface area contributed by atoms with Gasteiger partial charge in [0.25, 0.3) is 0 Å². The van der Waals surface area contributed by atoms with Crippen LogP contribution in [0.2, 0.25) is 0 Å². The molecular formula is C15H21F2N. The molecule has 3 heteroatoms. The predicted octanol–water partition coefficient (Wildman–Crippen LogP) is 3.94. The highest BCUT2D eigenvalue weighted by atomic mass is 19.1. The molecule has 1 aromatic rings. The van der Waals surface area contributed by atoms with Crippen LogP contribution in [0.1, 0.15) is 45.1 Å². The van der Waals surface area contributed by atoms with Gasteiger partial charge in [-0.15, -0.1) is 0 Å². The Labute approximate surface area is 108 Å². The van der Waals surface area contributed by atoms with Crippen LogP contribution in [-0.2, 0) is 0 Å². The van der Waals surface area contributed by atoms with Gasteiger partial charge >= 0.3 is 0 Å². The van der Waals surface area contributed by atoms with Crippen molar-refractivity contribution in [1.82, 2.24) is 4.90 Å². The van der Waals surface area contributed by atoms with E-state index in [9.17, 15) is 8.78 Å². The summed E-state index contributed by atoms with van der Waals surface area (Å²) in [5.74, 6) is -0.715. The van der Waals surface area contributed by atoms with E-state index in [0.717, 1.165) is 32.0 Å². The van der Waals surface area contributed by atoms with Gasteiger partial charge in [0.15, 0.2) is 0 Å². The monoisotopic (exact) mass is 253 g/mol. The van der Waals surface area contributed by atoms with Crippen molar-refractivity contribution >= 4 is 0 Å². The first kappa shape index (κ1) is 13.5. The Kier molecular flexibility index (Phi) is 3.71. The van der Waals surface area contributed by atoms with Crippen molar-refractivity contribution in [1.29, 1.82) is 0 Å². The van der Waals surface area contributed by atoms with E-state index >= 15 is 0 Å². The second kappa shape index (κ2) is 4.96. The van der Waals surface area contributed by atoms with Gasteiger partial charge in [-0.3, -0.25) is 4.90 Å². The molecule has 2 rings (SSSR count). The lowest BCUT2D eigenvalue weighted by Gasteiger charge is -2.34. The van der Waals surface area contributed by atoms with Crippen molar-refractivity contribution in [3.8, 4) is 0 Å². The van der Waals surface area contributed by atoms with E-state index < -0.39 is 11.6 Å². The van der Waals surface area contributed by atoms with E-state index in [2.05, 4.69) is 25.7 Å². The molecule has 0 amide bonds. The Morgan fingerprint density at radius 3 is 2.67 bits per heavy atom. The number of hydrogen-bond acceptors (Lipinski definition) is 1. The zero-order chi connectivity index (χ0) is 13.3. The van der Waals surface area contributed by atoms with Crippen LogP contribution < -0.4 is 0 Å². The van der Waals surface area contributed by atoms with E-state index in [0.29, 0.717) is 5.56 Å². The minimum atomic E-state index is -0.500. The molecule has 0 N–H and O–H groups in total. The Balaban J connectivity index is 2.13. The van der Waals surface area contributed by atoms with Crippen molar-refractivity contribution in [2.75, 3.05) is 13.1 Å².